The highest BCUT2D eigenvalue weighted by molar-refractivity contribution is 5.27. The number of aryl methyl sites for hydroxylation is 1. The summed E-state index contributed by atoms with van der Waals surface area (Å²) in [6.45, 7) is 6.60. The molecule has 130 valence electrons. The van der Waals surface area contributed by atoms with Crippen LogP contribution in [0.1, 0.15) is 31.0 Å². The molecule has 1 saturated heterocycles. The molecule has 1 aromatic carbocycles. The van der Waals surface area contributed by atoms with Gasteiger partial charge in [0.05, 0.1) is 18.9 Å². The van der Waals surface area contributed by atoms with Gasteiger partial charge in [-0.05, 0) is 43.5 Å². The van der Waals surface area contributed by atoms with Gasteiger partial charge >= 0.3 is 0 Å². The van der Waals surface area contributed by atoms with Crippen LogP contribution in [0.5, 0.6) is 5.75 Å². The van der Waals surface area contributed by atoms with Gasteiger partial charge in [-0.2, -0.15) is 5.10 Å². The minimum Gasteiger partial charge on any atom is -0.497 e. The third-order valence-electron chi connectivity index (χ3n) is 4.46. The van der Waals surface area contributed by atoms with Crippen molar-refractivity contribution >= 4 is 0 Å². The van der Waals surface area contributed by atoms with Crippen LogP contribution in [0.4, 0.5) is 0 Å². The van der Waals surface area contributed by atoms with E-state index in [1.54, 1.807) is 7.11 Å². The molecular weight excluding hydrogens is 302 g/mol. The Morgan fingerprint density at radius 1 is 1.25 bits per heavy atom. The van der Waals surface area contributed by atoms with Crippen molar-refractivity contribution in [2.45, 2.75) is 45.5 Å². The number of ether oxygens (including phenoxy) is 2. The molecule has 0 amide bonds. The van der Waals surface area contributed by atoms with Gasteiger partial charge in [0.1, 0.15) is 5.75 Å². The van der Waals surface area contributed by atoms with Crippen molar-refractivity contribution < 1.29 is 9.47 Å². The lowest BCUT2D eigenvalue weighted by atomic mass is 10.1. The first-order chi connectivity index (χ1) is 11.8. The molecule has 2 heterocycles. The zero-order valence-electron chi connectivity index (χ0n) is 14.6. The molecule has 0 radical (unpaired) electrons. The molecule has 3 rings (SSSR count). The van der Waals surface area contributed by atoms with Crippen molar-refractivity contribution in [3.63, 3.8) is 0 Å². The number of hydrogen-bond acceptors (Lipinski definition) is 4. The summed E-state index contributed by atoms with van der Waals surface area (Å²) in [6, 6.07) is 10.4. The van der Waals surface area contributed by atoms with Gasteiger partial charge in [-0.1, -0.05) is 12.1 Å². The Balaban J connectivity index is 1.67. The molecule has 2 aromatic rings. The van der Waals surface area contributed by atoms with E-state index in [0.717, 1.165) is 50.7 Å². The molecule has 1 aromatic heterocycles. The average molecular weight is 329 g/mol. The van der Waals surface area contributed by atoms with Crippen molar-refractivity contribution in [2.75, 3.05) is 20.3 Å². The van der Waals surface area contributed by atoms with Crippen molar-refractivity contribution in [1.29, 1.82) is 0 Å². The van der Waals surface area contributed by atoms with Crippen LogP contribution in [0.15, 0.2) is 36.5 Å². The first kappa shape index (κ1) is 17.0. The van der Waals surface area contributed by atoms with E-state index in [1.165, 1.54) is 12.0 Å². The summed E-state index contributed by atoms with van der Waals surface area (Å²) in [5.74, 6) is 0.895. The van der Waals surface area contributed by atoms with Gasteiger partial charge in [0.25, 0.3) is 0 Å². The van der Waals surface area contributed by atoms with Crippen LogP contribution in [-0.4, -0.2) is 41.0 Å². The standard InChI is InChI=1S/C19H27N3O2/c1-3-22-11-10-17(20-22)14-21(15-19-5-4-12-24-19)13-16-6-8-18(23-2)9-7-16/h6-11,19H,3-5,12-15H2,1-2H3. The molecule has 1 aliphatic rings. The van der Waals surface area contributed by atoms with E-state index in [-0.39, 0.29) is 0 Å². The predicted molar refractivity (Wildman–Crippen MR) is 94.0 cm³/mol. The number of methoxy groups -OCH3 is 1. The summed E-state index contributed by atoms with van der Waals surface area (Å²) < 4.78 is 13.1. The Morgan fingerprint density at radius 2 is 2.08 bits per heavy atom. The minimum atomic E-state index is 0.344. The summed E-state index contributed by atoms with van der Waals surface area (Å²) >= 11 is 0. The van der Waals surface area contributed by atoms with Crippen LogP contribution in [0.25, 0.3) is 0 Å². The van der Waals surface area contributed by atoms with Gasteiger partial charge in [0.2, 0.25) is 0 Å². The van der Waals surface area contributed by atoms with Gasteiger partial charge in [-0.3, -0.25) is 9.58 Å². The molecule has 0 N–H and O–H groups in total. The van der Waals surface area contributed by atoms with Crippen molar-refractivity contribution in [1.82, 2.24) is 14.7 Å². The monoisotopic (exact) mass is 329 g/mol. The van der Waals surface area contributed by atoms with Gasteiger partial charge < -0.3 is 9.47 Å². The first-order valence-electron chi connectivity index (χ1n) is 8.76. The number of aromatic nitrogens is 2. The van der Waals surface area contributed by atoms with Gasteiger partial charge in [0, 0.05) is 39.0 Å². The Hall–Kier alpha value is -1.85. The fourth-order valence-corrected chi connectivity index (χ4v) is 3.14. The van der Waals surface area contributed by atoms with Crippen LogP contribution in [0.2, 0.25) is 0 Å². The smallest absolute Gasteiger partial charge is 0.118 e. The van der Waals surface area contributed by atoms with Crippen LogP contribution in [0.3, 0.4) is 0 Å². The Labute approximate surface area is 144 Å². The van der Waals surface area contributed by atoms with Gasteiger partial charge in [0.15, 0.2) is 0 Å². The van der Waals surface area contributed by atoms with Gasteiger partial charge in [-0.15, -0.1) is 0 Å². The fraction of sp³-hybridized carbons (Fsp3) is 0.526. The molecule has 24 heavy (non-hydrogen) atoms. The fourth-order valence-electron chi connectivity index (χ4n) is 3.14. The first-order valence-corrected chi connectivity index (χ1v) is 8.76. The molecule has 0 bridgehead atoms. The maximum absolute atomic E-state index is 5.83. The molecule has 5 heteroatoms. The largest absolute Gasteiger partial charge is 0.497 e. The highest BCUT2D eigenvalue weighted by Crippen LogP contribution is 2.18. The van der Waals surface area contributed by atoms with Crippen LogP contribution in [-0.2, 0) is 24.4 Å². The summed E-state index contributed by atoms with van der Waals surface area (Å²) in [4.78, 5) is 2.43. The second kappa shape index (κ2) is 8.31. The number of nitrogens with zero attached hydrogens (tertiary/aromatic N) is 3. The topological polar surface area (TPSA) is 39.5 Å². The second-order valence-corrected chi connectivity index (χ2v) is 6.32. The molecule has 0 saturated carbocycles. The maximum atomic E-state index is 5.83. The van der Waals surface area contributed by atoms with Crippen molar-refractivity contribution in [3.8, 4) is 5.75 Å². The molecule has 0 aliphatic carbocycles. The highest BCUT2D eigenvalue weighted by atomic mass is 16.5. The zero-order valence-corrected chi connectivity index (χ0v) is 14.6. The predicted octanol–water partition coefficient (Wildman–Crippen LogP) is 3.09. The zero-order chi connectivity index (χ0) is 16.8. The Kier molecular flexibility index (Phi) is 5.88. The molecule has 0 spiro atoms. The highest BCUT2D eigenvalue weighted by Gasteiger charge is 2.20. The summed E-state index contributed by atoms with van der Waals surface area (Å²) in [6.07, 6.45) is 4.72. The third kappa shape index (κ3) is 4.58. The van der Waals surface area contributed by atoms with Crippen molar-refractivity contribution in [2.24, 2.45) is 0 Å². The quantitative estimate of drug-likeness (QED) is 0.746. The summed E-state index contributed by atoms with van der Waals surface area (Å²) in [5, 5.41) is 4.63. The number of rotatable bonds is 8. The van der Waals surface area contributed by atoms with E-state index >= 15 is 0 Å². The van der Waals surface area contributed by atoms with E-state index < -0.39 is 0 Å². The lowest BCUT2D eigenvalue weighted by molar-refractivity contribution is 0.0674. The lowest BCUT2D eigenvalue weighted by Gasteiger charge is -2.24. The van der Waals surface area contributed by atoms with E-state index in [0.29, 0.717) is 6.10 Å². The van der Waals surface area contributed by atoms with Crippen LogP contribution in [0, 0.1) is 0 Å². The molecule has 1 aliphatic heterocycles. The summed E-state index contributed by atoms with van der Waals surface area (Å²) in [5.41, 5.74) is 2.40. The van der Waals surface area contributed by atoms with E-state index in [4.69, 9.17) is 9.47 Å². The van der Waals surface area contributed by atoms with E-state index in [9.17, 15) is 0 Å². The molecule has 1 atom stereocenters. The van der Waals surface area contributed by atoms with Crippen molar-refractivity contribution in [3.05, 3.63) is 47.8 Å². The molecule has 1 unspecified atom stereocenters. The SMILES string of the molecule is CCn1ccc(CN(Cc2ccc(OC)cc2)CC2CCCO2)n1. The Morgan fingerprint density at radius 3 is 2.71 bits per heavy atom. The molecule has 1 fully saturated rings. The molecular formula is C19H27N3O2. The normalized spacial score (nSPS) is 17.5. The second-order valence-electron chi connectivity index (χ2n) is 6.32. The number of hydrogen-bond donors (Lipinski definition) is 0. The summed E-state index contributed by atoms with van der Waals surface area (Å²) in [7, 11) is 1.70. The van der Waals surface area contributed by atoms with E-state index in [1.807, 2.05) is 23.0 Å². The van der Waals surface area contributed by atoms with Crippen LogP contribution < -0.4 is 4.74 Å². The van der Waals surface area contributed by atoms with Gasteiger partial charge in [-0.25, -0.2) is 0 Å². The van der Waals surface area contributed by atoms with Crippen LogP contribution >= 0.6 is 0 Å². The third-order valence-corrected chi connectivity index (χ3v) is 4.46. The minimum absolute atomic E-state index is 0.344. The molecule has 5 nitrogen and oxygen atoms in total. The average Bonchev–Trinajstić information content (AvgIpc) is 3.27. The number of benzene rings is 1. The maximum Gasteiger partial charge on any atom is 0.118 e. The van der Waals surface area contributed by atoms with E-state index in [2.05, 4.69) is 35.1 Å². The Bertz CT molecular complexity index is 618. The lowest BCUT2D eigenvalue weighted by Crippen LogP contribution is -2.31.